The van der Waals surface area contributed by atoms with E-state index in [2.05, 4.69) is 17.6 Å². The fourth-order valence-electron chi connectivity index (χ4n) is 2.58. The Morgan fingerprint density at radius 1 is 1.17 bits per heavy atom. The minimum Gasteiger partial charge on any atom is -0.494 e. The quantitative estimate of drug-likeness (QED) is 0.181. The van der Waals surface area contributed by atoms with Crippen LogP contribution in [0.4, 0.5) is 11.4 Å². The fraction of sp³-hybridized carbons (Fsp3) is 0.273. The number of nitrogens with zero attached hydrogens (tertiary/aromatic N) is 1. The van der Waals surface area contributed by atoms with Gasteiger partial charge in [-0.2, -0.15) is 0 Å². The first kappa shape index (κ1) is 23.0. The molecular weight excluding hydrogens is 402 g/mol. The molecule has 1 amide bonds. The second-order valence-electron chi connectivity index (χ2n) is 6.56. The molecular formula is C22H25N3O4S. The Labute approximate surface area is 181 Å². The summed E-state index contributed by atoms with van der Waals surface area (Å²) in [6.07, 6.45) is 7.42. The van der Waals surface area contributed by atoms with Crippen LogP contribution in [0.1, 0.15) is 38.2 Å². The number of nitro benzene ring substituents is 1. The van der Waals surface area contributed by atoms with Crippen molar-refractivity contribution in [2.45, 2.75) is 32.6 Å². The number of thiocarbonyl (C=S) groups is 1. The maximum Gasteiger partial charge on any atom is 0.269 e. The molecule has 0 unspecified atom stereocenters. The highest BCUT2D eigenvalue weighted by Crippen LogP contribution is 2.18. The standard InChI is InChI=1S/C22H25N3O4S/c1-2-3-4-5-15-29-20-8-6-7-18(16-20)23-22(30)24-21(26)14-11-17-9-12-19(13-10-17)25(27)28/h6-14,16H,2-5,15H2,1H3,(H2,23,24,26,30)/b14-11+. The van der Waals surface area contributed by atoms with E-state index >= 15 is 0 Å². The van der Waals surface area contributed by atoms with Gasteiger partial charge in [0.2, 0.25) is 5.91 Å². The van der Waals surface area contributed by atoms with Gasteiger partial charge in [-0.1, -0.05) is 32.3 Å². The summed E-state index contributed by atoms with van der Waals surface area (Å²) in [4.78, 5) is 22.2. The predicted molar refractivity (Wildman–Crippen MR) is 123 cm³/mol. The van der Waals surface area contributed by atoms with E-state index in [-0.39, 0.29) is 10.8 Å². The molecule has 0 aromatic heterocycles. The van der Waals surface area contributed by atoms with Crippen molar-refractivity contribution in [2.75, 3.05) is 11.9 Å². The Hall–Kier alpha value is -3.26. The van der Waals surface area contributed by atoms with Crippen molar-refractivity contribution in [2.24, 2.45) is 0 Å². The van der Waals surface area contributed by atoms with Crippen LogP contribution in [-0.4, -0.2) is 22.5 Å². The summed E-state index contributed by atoms with van der Waals surface area (Å²) in [6, 6.07) is 13.3. The third-order valence-electron chi connectivity index (χ3n) is 4.13. The van der Waals surface area contributed by atoms with Crippen molar-refractivity contribution >= 4 is 40.7 Å². The molecule has 0 heterocycles. The summed E-state index contributed by atoms with van der Waals surface area (Å²) in [5, 5.41) is 16.3. The molecule has 0 saturated heterocycles. The summed E-state index contributed by atoms with van der Waals surface area (Å²) in [5.41, 5.74) is 1.37. The number of nitrogens with one attached hydrogen (secondary N) is 2. The number of ether oxygens (including phenoxy) is 1. The maximum atomic E-state index is 12.0. The molecule has 0 aliphatic heterocycles. The number of unbranched alkanes of at least 4 members (excludes halogenated alkanes) is 3. The summed E-state index contributed by atoms with van der Waals surface area (Å²) < 4.78 is 5.74. The van der Waals surface area contributed by atoms with Crippen LogP contribution in [0, 0.1) is 10.1 Å². The lowest BCUT2D eigenvalue weighted by molar-refractivity contribution is -0.384. The molecule has 0 radical (unpaired) electrons. The molecule has 0 aliphatic rings. The Morgan fingerprint density at radius 2 is 1.93 bits per heavy atom. The van der Waals surface area contributed by atoms with E-state index < -0.39 is 10.8 Å². The Morgan fingerprint density at radius 3 is 2.63 bits per heavy atom. The first-order valence-electron chi connectivity index (χ1n) is 9.75. The second kappa shape index (κ2) is 12.3. The lowest BCUT2D eigenvalue weighted by Gasteiger charge is -2.11. The van der Waals surface area contributed by atoms with Gasteiger partial charge in [-0.25, -0.2) is 0 Å². The molecule has 8 heteroatoms. The molecule has 2 rings (SSSR count). The largest absolute Gasteiger partial charge is 0.494 e. The second-order valence-corrected chi connectivity index (χ2v) is 6.97. The van der Waals surface area contributed by atoms with E-state index in [9.17, 15) is 14.9 Å². The Balaban J connectivity index is 1.81. The highest BCUT2D eigenvalue weighted by atomic mass is 32.1. The van der Waals surface area contributed by atoms with Crippen molar-refractivity contribution in [1.82, 2.24) is 5.32 Å². The zero-order chi connectivity index (χ0) is 21.8. The summed E-state index contributed by atoms with van der Waals surface area (Å²) in [6.45, 7) is 2.83. The molecule has 0 aliphatic carbocycles. The molecule has 2 aromatic carbocycles. The van der Waals surface area contributed by atoms with Gasteiger partial charge in [-0.15, -0.1) is 0 Å². The minimum atomic E-state index is -0.475. The number of hydrogen-bond donors (Lipinski definition) is 2. The van der Waals surface area contributed by atoms with E-state index in [1.54, 1.807) is 18.2 Å². The number of amides is 1. The SMILES string of the molecule is CCCCCCOc1cccc(NC(=S)NC(=O)/C=C/c2ccc([N+](=O)[O-])cc2)c1. The van der Waals surface area contributed by atoms with Crippen molar-refractivity contribution < 1.29 is 14.5 Å². The van der Waals surface area contributed by atoms with E-state index in [4.69, 9.17) is 17.0 Å². The van der Waals surface area contributed by atoms with Gasteiger partial charge < -0.3 is 10.1 Å². The molecule has 0 spiro atoms. The lowest BCUT2D eigenvalue weighted by atomic mass is 10.2. The Bertz CT molecular complexity index is 898. The summed E-state index contributed by atoms with van der Waals surface area (Å²) in [5.74, 6) is 0.331. The van der Waals surface area contributed by atoms with Crippen molar-refractivity contribution in [3.8, 4) is 5.75 Å². The highest BCUT2D eigenvalue weighted by molar-refractivity contribution is 7.80. The molecule has 7 nitrogen and oxygen atoms in total. The van der Waals surface area contributed by atoms with Gasteiger partial charge in [0.1, 0.15) is 5.75 Å². The van der Waals surface area contributed by atoms with Gasteiger partial charge >= 0.3 is 0 Å². The number of non-ortho nitro benzene ring substituents is 1. The zero-order valence-electron chi connectivity index (χ0n) is 16.8. The van der Waals surface area contributed by atoms with E-state index in [1.165, 1.54) is 31.1 Å². The maximum absolute atomic E-state index is 12.0. The Kier molecular flexibility index (Phi) is 9.47. The van der Waals surface area contributed by atoms with Gasteiger partial charge in [0.05, 0.1) is 11.5 Å². The number of benzene rings is 2. The van der Waals surface area contributed by atoms with Crippen molar-refractivity contribution in [1.29, 1.82) is 0 Å². The van der Waals surface area contributed by atoms with E-state index in [1.807, 2.05) is 24.3 Å². The van der Waals surface area contributed by atoms with Gasteiger partial charge in [0, 0.05) is 30.0 Å². The third-order valence-corrected chi connectivity index (χ3v) is 4.33. The third kappa shape index (κ3) is 8.40. The number of carbonyl (C=O) groups excluding carboxylic acids is 1. The van der Waals surface area contributed by atoms with Crippen LogP contribution < -0.4 is 15.4 Å². The van der Waals surface area contributed by atoms with Crippen LogP contribution in [0.25, 0.3) is 6.08 Å². The van der Waals surface area contributed by atoms with Gasteiger partial charge in [0.25, 0.3) is 5.69 Å². The number of rotatable bonds is 10. The van der Waals surface area contributed by atoms with Crippen LogP contribution in [0.15, 0.2) is 54.6 Å². The van der Waals surface area contributed by atoms with Crippen molar-refractivity contribution in [3.63, 3.8) is 0 Å². The number of hydrogen-bond acceptors (Lipinski definition) is 5. The molecule has 158 valence electrons. The number of carbonyl (C=O) groups is 1. The van der Waals surface area contributed by atoms with Crippen molar-refractivity contribution in [3.05, 3.63) is 70.3 Å². The summed E-state index contributed by atoms with van der Waals surface area (Å²) >= 11 is 5.17. The van der Waals surface area contributed by atoms with E-state index in [0.717, 1.165) is 18.6 Å². The molecule has 0 saturated carbocycles. The first-order valence-corrected chi connectivity index (χ1v) is 10.2. The monoisotopic (exact) mass is 427 g/mol. The van der Waals surface area contributed by atoms with Crippen LogP contribution in [-0.2, 0) is 4.79 Å². The minimum absolute atomic E-state index is 0.00542. The van der Waals surface area contributed by atoms with Crippen LogP contribution in [0.2, 0.25) is 0 Å². The first-order chi connectivity index (χ1) is 14.5. The topological polar surface area (TPSA) is 93.5 Å². The summed E-state index contributed by atoms with van der Waals surface area (Å²) in [7, 11) is 0. The molecule has 2 N–H and O–H groups in total. The smallest absolute Gasteiger partial charge is 0.269 e. The zero-order valence-corrected chi connectivity index (χ0v) is 17.6. The van der Waals surface area contributed by atoms with E-state index in [0.29, 0.717) is 17.9 Å². The molecule has 30 heavy (non-hydrogen) atoms. The average Bonchev–Trinajstić information content (AvgIpc) is 2.72. The normalized spacial score (nSPS) is 10.6. The van der Waals surface area contributed by atoms with Gasteiger partial charge in [-0.05, 0) is 54.5 Å². The molecule has 0 fully saturated rings. The highest BCUT2D eigenvalue weighted by Gasteiger charge is 2.05. The van der Waals surface area contributed by atoms with Crippen LogP contribution in [0.5, 0.6) is 5.75 Å². The molecule has 0 bridgehead atoms. The number of anilines is 1. The average molecular weight is 428 g/mol. The van der Waals surface area contributed by atoms with Crippen LogP contribution in [0.3, 0.4) is 0 Å². The molecule has 0 atom stereocenters. The number of nitro groups is 1. The lowest BCUT2D eigenvalue weighted by Crippen LogP contribution is -2.32. The fourth-order valence-corrected chi connectivity index (χ4v) is 2.80. The van der Waals surface area contributed by atoms with Gasteiger partial charge in [0.15, 0.2) is 5.11 Å². The van der Waals surface area contributed by atoms with Crippen LogP contribution >= 0.6 is 12.2 Å². The molecule has 2 aromatic rings. The van der Waals surface area contributed by atoms with Gasteiger partial charge in [-0.3, -0.25) is 20.2 Å². The predicted octanol–water partition coefficient (Wildman–Crippen LogP) is 5.08.